The molecule has 0 saturated carbocycles. The first-order chi connectivity index (χ1) is 12.7. The second-order valence-electron chi connectivity index (χ2n) is 8.64. The van der Waals surface area contributed by atoms with Crippen LogP contribution in [0.5, 0.6) is 5.75 Å². The minimum Gasteiger partial charge on any atom is -0.426 e. The van der Waals surface area contributed by atoms with Gasteiger partial charge in [-0.05, 0) is 50.8 Å². The van der Waals surface area contributed by atoms with E-state index in [-0.39, 0.29) is 11.4 Å². The SMILES string of the molecule is CCCCCC(C)(CCC)C(=O)Cc1ccc(OC(=O)C(C)(C)CC)cc1. The predicted molar refractivity (Wildman–Crippen MR) is 112 cm³/mol. The molecule has 0 saturated heterocycles. The molecule has 1 aromatic rings. The molecule has 0 aromatic heterocycles. The second-order valence-corrected chi connectivity index (χ2v) is 8.64. The molecular formula is C24H38O3. The Kier molecular flexibility index (Phi) is 9.21. The quantitative estimate of drug-likeness (QED) is 0.237. The van der Waals surface area contributed by atoms with Crippen molar-refractivity contribution >= 4 is 11.8 Å². The Hall–Kier alpha value is -1.64. The highest BCUT2D eigenvalue weighted by molar-refractivity contribution is 5.86. The molecule has 0 N–H and O–H groups in total. The van der Waals surface area contributed by atoms with E-state index >= 15 is 0 Å². The lowest BCUT2D eigenvalue weighted by atomic mass is 9.75. The fourth-order valence-corrected chi connectivity index (χ4v) is 3.18. The Morgan fingerprint density at radius 3 is 2.04 bits per heavy atom. The van der Waals surface area contributed by atoms with Crippen molar-refractivity contribution in [2.24, 2.45) is 10.8 Å². The molecule has 1 atom stereocenters. The third-order valence-corrected chi connectivity index (χ3v) is 5.74. The zero-order valence-corrected chi connectivity index (χ0v) is 18.2. The van der Waals surface area contributed by atoms with Crippen molar-refractivity contribution in [3.63, 3.8) is 0 Å². The topological polar surface area (TPSA) is 43.4 Å². The molecule has 0 radical (unpaired) electrons. The van der Waals surface area contributed by atoms with Crippen molar-refractivity contribution in [1.29, 1.82) is 0 Å². The molecule has 0 amide bonds. The summed E-state index contributed by atoms with van der Waals surface area (Å²) in [4.78, 5) is 25.1. The smallest absolute Gasteiger partial charge is 0.316 e. The van der Waals surface area contributed by atoms with Gasteiger partial charge < -0.3 is 4.74 Å². The zero-order chi connectivity index (χ0) is 20.5. The Bertz CT molecular complexity index is 601. The van der Waals surface area contributed by atoms with Crippen LogP contribution in [0.4, 0.5) is 0 Å². The first-order valence-electron chi connectivity index (χ1n) is 10.5. The number of benzene rings is 1. The molecule has 0 aliphatic rings. The molecule has 0 bridgehead atoms. The van der Waals surface area contributed by atoms with E-state index in [0.29, 0.717) is 18.0 Å². The van der Waals surface area contributed by atoms with E-state index in [9.17, 15) is 9.59 Å². The van der Waals surface area contributed by atoms with Gasteiger partial charge in [-0.15, -0.1) is 0 Å². The maximum absolute atomic E-state index is 13.0. The molecule has 0 heterocycles. The Labute approximate surface area is 165 Å². The second kappa shape index (κ2) is 10.6. The molecule has 3 heteroatoms. The van der Waals surface area contributed by atoms with Crippen molar-refractivity contribution in [2.75, 3.05) is 0 Å². The molecule has 152 valence electrons. The van der Waals surface area contributed by atoms with Crippen LogP contribution < -0.4 is 4.74 Å². The first-order valence-corrected chi connectivity index (χ1v) is 10.5. The van der Waals surface area contributed by atoms with Crippen LogP contribution in [0.3, 0.4) is 0 Å². The summed E-state index contributed by atoms with van der Waals surface area (Å²) in [5, 5.41) is 0. The van der Waals surface area contributed by atoms with Crippen LogP contribution in [-0.4, -0.2) is 11.8 Å². The zero-order valence-electron chi connectivity index (χ0n) is 18.2. The number of hydrogen-bond donors (Lipinski definition) is 0. The van der Waals surface area contributed by atoms with Crippen molar-refractivity contribution in [2.45, 2.75) is 92.9 Å². The lowest BCUT2D eigenvalue weighted by Gasteiger charge is -2.28. The minimum absolute atomic E-state index is 0.222. The van der Waals surface area contributed by atoms with E-state index in [0.717, 1.165) is 37.7 Å². The van der Waals surface area contributed by atoms with Gasteiger partial charge in [0.15, 0.2) is 0 Å². The summed E-state index contributed by atoms with van der Waals surface area (Å²) in [5.41, 5.74) is 0.252. The Balaban J connectivity index is 2.75. The molecule has 3 nitrogen and oxygen atoms in total. The highest BCUT2D eigenvalue weighted by Crippen LogP contribution is 2.33. The van der Waals surface area contributed by atoms with Crippen LogP contribution in [0.15, 0.2) is 24.3 Å². The normalized spacial score (nSPS) is 13.9. The molecular weight excluding hydrogens is 336 g/mol. The summed E-state index contributed by atoms with van der Waals surface area (Å²) in [7, 11) is 0. The average Bonchev–Trinajstić information content (AvgIpc) is 2.63. The number of carbonyl (C=O) groups excluding carboxylic acids is 2. The number of Topliss-reactive ketones (excluding diaryl/α,β-unsaturated/α-hetero) is 1. The van der Waals surface area contributed by atoms with Gasteiger partial charge in [-0.2, -0.15) is 0 Å². The molecule has 0 fully saturated rings. The fourth-order valence-electron chi connectivity index (χ4n) is 3.18. The van der Waals surface area contributed by atoms with Crippen molar-refractivity contribution in [3.05, 3.63) is 29.8 Å². The van der Waals surface area contributed by atoms with Gasteiger partial charge in [0.25, 0.3) is 0 Å². The number of ketones is 1. The van der Waals surface area contributed by atoms with Crippen LogP contribution in [0.1, 0.15) is 92.1 Å². The van der Waals surface area contributed by atoms with E-state index in [1.54, 1.807) is 12.1 Å². The highest BCUT2D eigenvalue weighted by atomic mass is 16.5. The van der Waals surface area contributed by atoms with Crippen LogP contribution in [0, 0.1) is 10.8 Å². The molecule has 1 rings (SSSR count). The summed E-state index contributed by atoms with van der Waals surface area (Å²) in [5.74, 6) is 0.634. The van der Waals surface area contributed by atoms with Gasteiger partial charge in [-0.25, -0.2) is 0 Å². The Morgan fingerprint density at radius 2 is 1.52 bits per heavy atom. The van der Waals surface area contributed by atoms with Crippen LogP contribution in [-0.2, 0) is 16.0 Å². The lowest BCUT2D eigenvalue weighted by Crippen LogP contribution is -2.29. The van der Waals surface area contributed by atoms with Crippen molar-refractivity contribution < 1.29 is 14.3 Å². The average molecular weight is 375 g/mol. The fraction of sp³-hybridized carbons (Fsp3) is 0.667. The largest absolute Gasteiger partial charge is 0.426 e. The predicted octanol–water partition coefficient (Wildman–Crippen LogP) is 6.53. The summed E-state index contributed by atoms with van der Waals surface area (Å²) < 4.78 is 5.48. The molecule has 0 aliphatic carbocycles. The van der Waals surface area contributed by atoms with Crippen molar-refractivity contribution in [3.8, 4) is 5.75 Å². The van der Waals surface area contributed by atoms with Crippen LogP contribution in [0.2, 0.25) is 0 Å². The first kappa shape index (κ1) is 23.4. The number of ether oxygens (including phenoxy) is 1. The van der Waals surface area contributed by atoms with Gasteiger partial charge in [0.05, 0.1) is 5.41 Å². The van der Waals surface area contributed by atoms with Crippen molar-refractivity contribution in [1.82, 2.24) is 0 Å². The summed E-state index contributed by atoms with van der Waals surface area (Å²) in [6.45, 7) is 12.2. The number of unbranched alkanes of at least 4 members (excludes halogenated alkanes) is 2. The van der Waals surface area contributed by atoms with Gasteiger partial charge in [0.2, 0.25) is 0 Å². The van der Waals surface area contributed by atoms with Gasteiger partial charge in [-0.3, -0.25) is 9.59 Å². The number of carbonyl (C=O) groups is 2. The molecule has 0 aliphatic heterocycles. The van der Waals surface area contributed by atoms with Gasteiger partial charge in [0, 0.05) is 11.8 Å². The summed E-state index contributed by atoms with van der Waals surface area (Å²) in [6, 6.07) is 7.39. The number of esters is 1. The number of rotatable bonds is 12. The molecule has 1 aromatic carbocycles. The number of hydrogen-bond acceptors (Lipinski definition) is 3. The maximum atomic E-state index is 13.0. The Morgan fingerprint density at radius 1 is 0.889 bits per heavy atom. The molecule has 27 heavy (non-hydrogen) atoms. The van der Waals surface area contributed by atoms with Gasteiger partial charge in [-0.1, -0.05) is 65.5 Å². The van der Waals surface area contributed by atoms with E-state index in [4.69, 9.17) is 4.74 Å². The van der Waals surface area contributed by atoms with E-state index in [1.165, 1.54) is 12.8 Å². The maximum Gasteiger partial charge on any atom is 0.316 e. The van der Waals surface area contributed by atoms with E-state index < -0.39 is 5.41 Å². The minimum atomic E-state index is -0.491. The third-order valence-electron chi connectivity index (χ3n) is 5.74. The van der Waals surface area contributed by atoms with Gasteiger partial charge >= 0.3 is 5.97 Å². The summed E-state index contributed by atoms with van der Waals surface area (Å²) in [6.07, 6.45) is 7.57. The summed E-state index contributed by atoms with van der Waals surface area (Å²) >= 11 is 0. The monoisotopic (exact) mass is 374 g/mol. The standard InChI is InChI=1S/C24H38O3/c1-7-10-11-17-24(6,16-8-2)21(25)18-19-12-14-20(15-13-19)27-22(26)23(4,5)9-3/h12-15H,7-11,16-18H2,1-6H3. The van der Waals surface area contributed by atoms with Gasteiger partial charge in [0.1, 0.15) is 11.5 Å². The molecule has 1 unspecified atom stereocenters. The van der Waals surface area contributed by atoms with Crippen LogP contribution >= 0.6 is 0 Å². The third kappa shape index (κ3) is 7.12. The molecule has 0 spiro atoms. The van der Waals surface area contributed by atoms with E-state index in [2.05, 4.69) is 20.8 Å². The van der Waals surface area contributed by atoms with Crippen LogP contribution in [0.25, 0.3) is 0 Å². The highest BCUT2D eigenvalue weighted by Gasteiger charge is 2.31. The lowest BCUT2D eigenvalue weighted by molar-refractivity contribution is -0.144. The van der Waals surface area contributed by atoms with E-state index in [1.807, 2.05) is 32.9 Å².